The molecular formula is C27H38FN5O5. The quantitative estimate of drug-likeness (QED) is 0.522. The maximum Gasteiger partial charge on any atom is 0.407 e. The molecule has 2 amide bonds. The van der Waals surface area contributed by atoms with Crippen molar-refractivity contribution in [2.24, 2.45) is 0 Å². The van der Waals surface area contributed by atoms with Gasteiger partial charge in [-0.2, -0.15) is 0 Å². The third-order valence-electron chi connectivity index (χ3n) is 6.23. The molecule has 0 spiro atoms. The zero-order valence-corrected chi connectivity index (χ0v) is 23.0. The van der Waals surface area contributed by atoms with Gasteiger partial charge in [-0.1, -0.05) is 0 Å². The van der Waals surface area contributed by atoms with Gasteiger partial charge in [-0.3, -0.25) is 4.79 Å². The van der Waals surface area contributed by atoms with Crippen LogP contribution in [0.15, 0.2) is 30.7 Å². The number of aliphatic hydroxyl groups is 1. The summed E-state index contributed by atoms with van der Waals surface area (Å²) in [5, 5.41) is 13.6. The summed E-state index contributed by atoms with van der Waals surface area (Å²) in [6, 6.07) is 3.76. The molecule has 0 aliphatic carbocycles. The summed E-state index contributed by atoms with van der Waals surface area (Å²) in [5.41, 5.74) is -1.62. The van der Waals surface area contributed by atoms with Crippen LogP contribution in [0.4, 0.5) is 15.0 Å². The average molecular weight is 532 g/mol. The summed E-state index contributed by atoms with van der Waals surface area (Å²) in [6.45, 7) is 12.4. The molecule has 11 heteroatoms. The summed E-state index contributed by atoms with van der Waals surface area (Å²) in [4.78, 5) is 37.2. The van der Waals surface area contributed by atoms with E-state index >= 15 is 0 Å². The van der Waals surface area contributed by atoms with Crippen molar-refractivity contribution in [2.45, 2.75) is 71.6 Å². The number of alkyl carbamates (subject to hydrolysis) is 1. The van der Waals surface area contributed by atoms with Gasteiger partial charge in [0.15, 0.2) is 11.6 Å². The fraction of sp³-hybridized carbons (Fsp3) is 0.556. The lowest BCUT2D eigenvalue weighted by Gasteiger charge is -2.39. The Labute approximate surface area is 223 Å². The standard InChI is InChI=1S/C27H38FN5O5/c1-7-33(18(2)3)24(34)20-14-19(28)8-9-21(20)37-22-15-29-17-31-23(22)32-12-10-27(36,11-13-32)16-30-25(35)38-26(4,5)6/h8-9,14-15,17-18,36H,7,10-13,16H2,1-6H3,(H,30,35). The van der Waals surface area contributed by atoms with Crippen LogP contribution in [-0.2, 0) is 4.74 Å². The van der Waals surface area contributed by atoms with Gasteiger partial charge >= 0.3 is 6.09 Å². The molecular weight excluding hydrogens is 493 g/mol. The minimum atomic E-state index is -1.10. The second-order valence-corrected chi connectivity index (χ2v) is 10.7. The number of amides is 2. The SMILES string of the molecule is CCN(C(=O)c1cc(F)ccc1Oc1cncnc1N1CCC(O)(CNC(=O)OC(C)(C)C)CC1)C(C)C. The van der Waals surface area contributed by atoms with Crippen LogP contribution in [-0.4, -0.2) is 75.4 Å². The van der Waals surface area contributed by atoms with Crippen LogP contribution in [0.25, 0.3) is 0 Å². The minimum Gasteiger partial charge on any atom is -0.451 e. The summed E-state index contributed by atoms with van der Waals surface area (Å²) >= 11 is 0. The third-order valence-corrected chi connectivity index (χ3v) is 6.23. The number of carbonyl (C=O) groups excluding carboxylic acids is 2. The normalized spacial score (nSPS) is 15.2. The van der Waals surface area contributed by atoms with Crippen molar-refractivity contribution in [3.05, 3.63) is 42.1 Å². The minimum absolute atomic E-state index is 0.0632. The van der Waals surface area contributed by atoms with Crippen LogP contribution in [0.5, 0.6) is 11.5 Å². The molecule has 0 bridgehead atoms. The molecule has 0 radical (unpaired) electrons. The third kappa shape index (κ3) is 7.53. The van der Waals surface area contributed by atoms with Crippen LogP contribution in [0.2, 0.25) is 0 Å². The van der Waals surface area contributed by atoms with Gasteiger partial charge in [0.1, 0.15) is 23.5 Å². The highest BCUT2D eigenvalue weighted by atomic mass is 19.1. The van der Waals surface area contributed by atoms with Gasteiger partial charge in [-0.05, 0) is 72.6 Å². The first-order valence-electron chi connectivity index (χ1n) is 12.8. The number of hydrogen-bond acceptors (Lipinski definition) is 8. The van der Waals surface area contributed by atoms with Crippen molar-refractivity contribution in [2.75, 3.05) is 31.1 Å². The Balaban J connectivity index is 1.74. The Bertz CT molecular complexity index is 1130. The van der Waals surface area contributed by atoms with Gasteiger partial charge in [-0.25, -0.2) is 19.2 Å². The average Bonchev–Trinajstić information content (AvgIpc) is 2.84. The first-order chi connectivity index (χ1) is 17.8. The Morgan fingerprint density at radius 2 is 1.92 bits per heavy atom. The molecule has 2 N–H and O–H groups in total. The number of benzene rings is 1. The van der Waals surface area contributed by atoms with Gasteiger partial charge in [0.2, 0.25) is 0 Å². The highest BCUT2D eigenvalue weighted by Gasteiger charge is 2.35. The predicted molar refractivity (Wildman–Crippen MR) is 141 cm³/mol. The molecule has 0 atom stereocenters. The number of rotatable bonds is 8. The Kier molecular flexibility index (Phi) is 9.14. The maximum atomic E-state index is 14.1. The van der Waals surface area contributed by atoms with Gasteiger partial charge in [0.05, 0.1) is 17.4 Å². The molecule has 2 aromatic rings. The second-order valence-electron chi connectivity index (χ2n) is 10.7. The highest BCUT2D eigenvalue weighted by Crippen LogP contribution is 2.35. The summed E-state index contributed by atoms with van der Waals surface area (Å²) in [6.07, 6.45) is 3.04. The molecule has 1 aliphatic rings. The van der Waals surface area contributed by atoms with Gasteiger partial charge < -0.3 is 29.7 Å². The zero-order chi connectivity index (χ0) is 28.1. The van der Waals surface area contributed by atoms with Crippen molar-refractivity contribution < 1.29 is 28.6 Å². The van der Waals surface area contributed by atoms with E-state index in [1.54, 1.807) is 25.7 Å². The number of carbonyl (C=O) groups is 2. The van der Waals surface area contributed by atoms with E-state index in [1.807, 2.05) is 25.7 Å². The first-order valence-corrected chi connectivity index (χ1v) is 12.8. The number of ether oxygens (including phenoxy) is 2. The molecule has 208 valence electrons. The lowest BCUT2D eigenvalue weighted by molar-refractivity contribution is 0.00787. The molecule has 1 saturated heterocycles. The molecule has 2 heterocycles. The van der Waals surface area contributed by atoms with Gasteiger partial charge in [-0.15, -0.1) is 0 Å². The van der Waals surface area contributed by atoms with Crippen LogP contribution in [0.1, 0.15) is 64.7 Å². The van der Waals surface area contributed by atoms with E-state index in [4.69, 9.17) is 9.47 Å². The molecule has 1 aromatic carbocycles. The summed E-state index contributed by atoms with van der Waals surface area (Å²) < 4.78 is 25.5. The number of nitrogens with zero attached hydrogens (tertiary/aromatic N) is 4. The molecule has 0 unspecified atom stereocenters. The number of piperidine rings is 1. The van der Waals surface area contributed by atoms with E-state index in [0.717, 1.165) is 0 Å². The van der Waals surface area contributed by atoms with E-state index < -0.39 is 23.1 Å². The van der Waals surface area contributed by atoms with Crippen molar-refractivity contribution >= 4 is 17.8 Å². The lowest BCUT2D eigenvalue weighted by atomic mass is 9.91. The lowest BCUT2D eigenvalue weighted by Crippen LogP contribution is -2.51. The van der Waals surface area contributed by atoms with E-state index in [1.165, 1.54) is 30.7 Å². The number of halogens is 1. The zero-order valence-electron chi connectivity index (χ0n) is 23.0. The van der Waals surface area contributed by atoms with Gasteiger partial charge in [0, 0.05) is 32.2 Å². The van der Waals surface area contributed by atoms with E-state index in [9.17, 15) is 19.1 Å². The number of aromatic nitrogens is 2. The largest absolute Gasteiger partial charge is 0.451 e. The number of hydrogen-bond donors (Lipinski definition) is 2. The summed E-state index contributed by atoms with van der Waals surface area (Å²) in [7, 11) is 0. The van der Waals surface area contributed by atoms with E-state index in [-0.39, 0.29) is 29.8 Å². The van der Waals surface area contributed by atoms with E-state index in [0.29, 0.717) is 44.0 Å². The molecule has 1 aromatic heterocycles. The maximum absolute atomic E-state index is 14.1. The fourth-order valence-electron chi connectivity index (χ4n) is 4.26. The van der Waals surface area contributed by atoms with Crippen molar-refractivity contribution in [1.82, 2.24) is 20.2 Å². The molecule has 0 saturated carbocycles. The van der Waals surface area contributed by atoms with Crippen molar-refractivity contribution in [1.29, 1.82) is 0 Å². The highest BCUT2D eigenvalue weighted by molar-refractivity contribution is 5.97. The molecule has 38 heavy (non-hydrogen) atoms. The monoisotopic (exact) mass is 531 g/mol. The summed E-state index contributed by atoms with van der Waals surface area (Å²) in [5.74, 6) is 0.108. The van der Waals surface area contributed by atoms with Crippen molar-refractivity contribution in [3.63, 3.8) is 0 Å². The smallest absolute Gasteiger partial charge is 0.407 e. The molecule has 3 rings (SSSR count). The molecule has 10 nitrogen and oxygen atoms in total. The second kappa shape index (κ2) is 11.9. The van der Waals surface area contributed by atoms with Crippen molar-refractivity contribution in [3.8, 4) is 11.5 Å². The first kappa shape index (κ1) is 29.1. The molecule has 1 fully saturated rings. The Morgan fingerprint density at radius 1 is 1.24 bits per heavy atom. The topological polar surface area (TPSA) is 117 Å². The van der Waals surface area contributed by atoms with Crippen LogP contribution >= 0.6 is 0 Å². The Morgan fingerprint density at radius 3 is 2.53 bits per heavy atom. The fourth-order valence-corrected chi connectivity index (χ4v) is 4.26. The van der Waals surface area contributed by atoms with E-state index in [2.05, 4.69) is 15.3 Å². The number of nitrogens with one attached hydrogen (secondary N) is 1. The van der Waals surface area contributed by atoms with Crippen LogP contribution in [0, 0.1) is 5.82 Å². The number of anilines is 1. The Hall–Kier alpha value is -3.47. The van der Waals surface area contributed by atoms with Crippen LogP contribution < -0.4 is 15.0 Å². The van der Waals surface area contributed by atoms with Crippen LogP contribution in [0.3, 0.4) is 0 Å². The predicted octanol–water partition coefficient (Wildman–Crippen LogP) is 4.13. The molecule has 1 aliphatic heterocycles. The van der Waals surface area contributed by atoms with Gasteiger partial charge in [0.25, 0.3) is 5.91 Å².